The zero-order valence-electron chi connectivity index (χ0n) is 9.83. The first kappa shape index (κ1) is 12.0. The molecule has 0 atom stereocenters. The monoisotopic (exact) mass is 219 g/mol. The minimum atomic E-state index is 0.345. The van der Waals surface area contributed by atoms with Crippen LogP contribution in [0, 0.1) is 0 Å². The molecule has 5 heteroatoms. The summed E-state index contributed by atoms with van der Waals surface area (Å²) in [6.45, 7) is 0. The van der Waals surface area contributed by atoms with Gasteiger partial charge in [0.2, 0.25) is 5.96 Å². The molecular formula is C11H17N5. The minimum Gasteiger partial charge on any atom is -0.367 e. The molecular weight excluding hydrogens is 202 g/mol. The van der Waals surface area contributed by atoms with Gasteiger partial charge < -0.3 is 5.73 Å². The molecule has 1 aromatic rings. The van der Waals surface area contributed by atoms with Gasteiger partial charge in [-0.2, -0.15) is 5.10 Å². The summed E-state index contributed by atoms with van der Waals surface area (Å²) in [5.74, 6) is 0.345. The maximum atomic E-state index is 5.70. The van der Waals surface area contributed by atoms with Gasteiger partial charge in [-0.05, 0) is 5.56 Å². The maximum Gasteiger partial charge on any atom is 0.234 e. The van der Waals surface area contributed by atoms with E-state index in [-0.39, 0.29) is 0 Å². The van der Waals surface area contributed by atoms with Crippen molar-refractivity contribution in [3.05, 3.63) is 35.9 Å². The van der Waals surface area contributed by atoms with Crippen molar-refractivity contribution in [1.29, 1.82) is 0 Å². The summed E-state index contributed by atoms with van der Waals surface area (Å²) in [6, 6.07) is 9.81. The Labute approximate surface area is 95.8 Å². The molecule has 5 nitrogen and oxygen atoms in total. The molecule has 0 heterocycles. The van der Waals surface area contributed by atoms with Crippen molar-refractivity contribution in [1.82, 2.24) is 10.0 Å². The van der Waals surface area contributed by atoms with Crippen molar-refractivity contribution in [2.24, 2.45) is 15.9 Å². The van der Waals surface area contributed by atoms with Crippen LogP contribution >= 0.6 is 0 Å². The first-order valence-electron chi connectivity index (χ1n) is 4.94. The van der Waals surface area contributed by atoms with Gasteiger partial charge in [0.1, 0.15) is 0 Å². The van der Waals surface area contributed by atoms with Crippen molar-refractivity contribution in [2.75, 3.05) is 21.1 Å². The summed E-state index contributed by atoms with van der Waals surface area (Å²) < 4.78 is 0. The summed E-state index contributed by atoms with van der Waals surface area (Å²) in [5, 5.41) is 11.4. The molecule has 0 fully saturated rings. The van der Waals surface area contributed by atoms with Crippen LogP contribution < -0.4 is 5.73 Å². The van der Waals surface area contributed by atoms with E-state index in [1.165, 1.54) is 5.01 Å². The van der Waals surface area contributed by atoms with Gasteiger partial charge in [0.15, 0.2) is 0 Å². The second-order valence-electron chi connectivity index (χ2n) is 3.48. The quantitative estimate of drug-likeness (QED) is 0.463. The molecule has 0 radical (unpaired) electrons. The number of guanidine groups is 1. The van der Waals surface area contributed by atoms with E-state index in [0.717, 1.165) is 5.56 Å². The molecule has 1 aromatic carbocycles. The molecule has 0 saturated heterocycles. The van der Waals surface area contributed by atoms with Crippen LogP contribution in [0.2, 0.25) is 0 Å². The minimum absolute atomic E-state index is 0.345. The van der Waals surface area contributed by atoms with Crippen molar-refractivity contribution < 1.29 is 0 Å². The molecule has 0 amide bonds. The lowest BCUT2D eigenvalue weighted by atomic mass is 10.2. The van der Waals surface area contributed by atoms with E-state index in [2.05, 4.69) is 10.2 Å². The Kier molecular flexibility index (Phi) is 4.32. The maximum absolute atomic E-state index is 5.70. The third-order valence-electron chi connectivity index (χ3n) is 1.81. The molecule has 0 aliphatic rings. The average Bonchev–Trinajstić information content (AvgIpc) is 2.26. The van der Waals surface area contributed by atoms with Gasteiger partial charge in [-0.15, -0.1) is 5.10 Å². The second kappa shape index (κ2) is 5.75. The second-order valence-corrected chi connectivity index (χ2v) is 3.48. The topological polar surface area (TPSA) is 57.2 Å². The molecule has 2 N–H and O–H groups in total. The smallest absolute Gasteiger partial charge is 0.234 e. The zero-order chi connectivity index (χ0) is 12.0. The van der Waals surface area contributed by atoms with E-state index in [1.54, 1.807) is 18.3 Å². The molecule has 0 bridgehead atoms. The number of nitrogens with two attached hydrogens (primary N) is 1. The van der Waals surface area contributed by atoms with E-state index >= 15 is 0 Å². The summed E-state index contributed by atoms with van der Waals surface area (Å²) in [4.78, 5) is 0. The van der Waals surface area contributed by atoms with Gasteiger partial charge in [0, 0.05) is 21.1 Å². The number of hydrazone groups is 2. The summed E-state index contributed by atoms with van der Waals surface area (Å²) in [6.07, 6.45) is 1.73. The first-order chi connectivity index (χ1) is 7.59. The van der Waals surface area contributed by atoms with Crippen LogP contribution in [0.15, 0.2) is 40.5 Å². The Balaban J connectivity index is 2.64. The summed E-state index contributed by atoms with van der Waals surface area (Å²) >= 11 is 0. The number of hydrogen-bond acceptors (Lipinski definition) is 3. The third-order valence-corrected chi connectivity index (χ3v) is 1.81. The fourth-order valence-electron chi connectivity index (χ4n) is 1.02. The van der Waals surface area contributed by atoms with Crippen molar-refractivity contribution >= 4 is 12.2 Å². The highest BCUT2D eigenvalue weighted by molar-refractivity contribution is 5.82. The predicted octanol–water partition coefficient (Wildman–Crippen LogP) is 0.744. The van der Waals surface area contributed by atoms with E-state index in [0.29, 0.717) is 5.96 Å². The third kappa shape index (κ3) is 4.00. The summed E-state index contributed by atoms with van der Waals surface area (Å²) in [5.41, 5.74) is 6.72. The SMILES string of the molecule is CN(C)/N=C(\N)N(C)N=Cc1ccccc1. The Morgan fingerprint density at radius 2 is 1.81 bits per heavy atom. The van der Waals surface area contributed by atoms with Crippen molar-refractivity contribution in [3.63, 3.8) is 0 Å². The number of hydrogen-bond donors (Lipinski definition) is 1. The largest absolute Gasteiger partial charge is 0.367 e. The standard InChI is InChI=1S/C11H17N5/c1-15(2)14-11(12)16(3)13-9-10-7-5-4-6-8-10/h4-9H,1-3H3,(H2,12,14). The molecule has 0 saturated carbocycles. The highest BCUT2D eigenvalue weighted by atomic mass is 15.5. The van der Waals surface area contributed by atoms with Crippen LogP contribution in [0.1, 0.15) is 5.56 Å². The van der Waals surface area contributed by atoms with Crippen LogP contribution in [0.3, 0.4) is 0 Å². The summed E-state index contributed by atoms with van der Waals surface area (Å²) in [7, 11) is 5.37. The van der Waals surface area contributed by atoms with Gasteiger partial charge in [0.05, 0.1) is 6.21 Å². The Bertz CT molecular complexity index is 369. The van der Waals surface area contributed by atoms with Crippen LogP contribution in [-0.4, -0.2) is 43.3 Å². The van der Waals surface area contributed by atoms with E-state index in [4.69, 9.17) is 5.73 Å². The fraction of sp³-hybridized carbons (Fsp3) is 0.273. The van der Waals surface area contributed by atoms with E-state index in [9.17, 15) is 0 Å². The lowest BCUT2D eigenvalue weighted by molar-refractivity contribution is 0.415. The molecule has 86 valence electrons. The molecule has 0 aliphatic heterocycles. The van der Waals surface area contributed by atoms with Crippen LogP contribution in [0.4, 0.5) is 0 Å². The average molecular weight is 219 g/mol. The lowest BCUT2D eigenvalue weighted by Crippen LogP contribution is -2.31. The normalized spacial score (nSPS) is 11.8. The number of rotatable bonds is 3. The van der Waals surface area contributed by atoms with Crippen molar-refractivity contribution in [3.8, 4) is 0 Å². The molecule has 0 spiro atoms. The number of nitrogens with zero attached hydrogens (tertiary/aromatic N) is 4. The van der Waals surface area contributed by atoms with Crippen LogP contribution in [-0.2, 0) is 0 Å². The Morgan fingerprint density at radius 1 is 1.19 bits per heavy atom. The van der Waals surface area contributed by atoms with Gasteiger partial charge in [0.25, 0.3) is 0 Å². The number of benzene rings is 1. The lowest BCUT2D eigenvalue weighted by Gasteiger charge is -2.13. The molecule has 0 aromatic heterocycles. The van der Waals surface area contributed by atoms with Gasteiger partial charge in [-0.1, -0.05) is 30.3 Å². The van der Waals surface area contributed by atoms with Gasteiger partial charge in [-0.3, -0.25) is 5.01 Å². The van der Waals surface area contributed by atoms with Gasteiger partial charge >= 0.3 is 0 Å². The van der Waals surface area contributed by atoms with E-state index in [1.807, 2.05) is 44.4 Å². The molecule has 0 unspecified atom stereocenters. The van der Waals surface area contributed by atoms with E-state index < -0.39 is 0 Å². The first-order valence-corrected chi connectivity index (χ1v) is 4.94. The molecule has 0 aliphatic carbocycles. The van der Waals surface area contributed by atoms with Crippen LogP contribution in [0.25, 0.3) is 0 Å². The fourth-order valence-corrected chi connectivity index (χ4v) is 1.02. The Hall–Kier alpha value is -2.04. The highest BCUT2D eigenvalue weighted by Crippen LogP contribution is 1.95. The molecule has 1 rings (SSSR count). The van der Waals surface area contributed by atoms with Crippen LogP contribution in [0.5, 0.6) is 0 Å². The highest BCUT2D eigenvalue weighted by Gasteiger charge is 1.98. The Morgan fingerprint density at radius 3 is 2.38 bits per heavy atom. The van der Waals surface area contributed by atoms with Gasteiger partial charge in [-0.25, -0.2) is 5.01 Å². The zero-order valence-corrected chi connectivity index (χ0v) is 9.83. The molecule has 16 heavy (non-hydrogen) atoms. The van der Waals surface area contributed by atoms with Crippen molar-refractivity contribution in [2.45, 2.75) is 0 Å². The predicted molar refractivity (Wildman–Crippen MR) is 67.1 cm³/mol.